The van der Waals surface area contributed by atoms with Crippen molar-refractivity contribution in [2.24, 2.45) is 0 Å². The Morgan fingerprint density at radius 2 is 1.86 bits per heavy atom. The fourth-order valence-electron chi connectivity index (χ4n) is 4.57. The molecule has 0 spiro atoms. The highest BCUT2D eigenvalue weighted by molar-refractivity contribution is 5.92. The lowest BCUT2D eigenvalue weighted by Gasteiger charge is -2.36. The topological polar surface area (TPSA) is 97.5 Å². The van der Waals surface area contributed by atoms with Crippen molar-refractivity contribution in [3.05, 3.63) is 63.3 Å². The molecule has 184 valence electrons. The third kappa shape index (κ3) is 4.87. The number of rotatable bonds is 5. The monoisotopic (exact) mass is 483 g/mol. The summed E-state index contributed by atoms with van der Waals surface area (Å²) in [6.07, 6.45) is 3.55. The molecule has 1 amide bonds. The number of H-pyrrole nitrogens is 1. The lowest BCUT2D eigenvalue weighted by atomic mass is 10.1. The minimum atomic E-state index is -0.684. The Labute approximate surface area is 200 Å². The van der Waals surface area contributed by atoms with Crippen LogP contribution in [0.25, 0.3) is 11.0 Å². The van der Waals surface area contributed by atoms with Crippen LogP contribution in [0, 0.1) is 18.7 Å². The average molecular weight is 484 g/mol. The van der Waals surface area contributed by atoms with Crippen molar-refractivity contribution >= 4 is 22.6 Å². The van der Waals surface area contributed by atoms with Crippen LogP contribution in [0.5, 0.6) is 0 Å². The smallest absolute Gasteiger partial charge is 0.284 e. The van der Waals surface area contributed by atoms with E-state index in [-0.39, 0.29) is 16.8 Å². The molecule has 9 nitrogen and oxygen atoms in total. The lowest BCUT2D eigenvalue weighted by Crippen LogP contribution is -2.46. The molecule has 2 N–H and O–H groups in total. The molecule has 35 heavy (non-hydrogen) atoms. The second-order valence-electron chi connectivity index (χ2n) is 9.04. The maximum Gasteiger partial charge on any atom is 0.284 e. The number of carbonyl (C=O) groups is 1. The molecule has 2 aliphatic rings. The molecule has 0 unspecified atom stereocenters. The maximum absolute atomic E-state index is 15.0. The number of carbonyl (C=O) groups excluding carboxylic acids is 1. The zero-order chi connectivity index (χ0) is 24.5. The van der Waals surface area contributed by atoms with Gasteiger partial charge in [0, 0.05) is 63.1 Å². The number of hydrogen-bond acceptors (Lipinski definition) is 7. The second kappa shape index (κ2) is 9.67. The van der Waals surface area contributed by atoms with Gasteiger partial charge in [0.05, 0.1) is 11.2 Å². The van der Waals surface area contributed by atoms with Gasteiger partial charge in [-0.15, -0.1) is 0 Å². The molecular weight excluding hydrogens is 456 g/mol. The van der Waals surface area contributed by atoms with Gasteiger partial charge in [-0.2, -0.15) is 4.39 Å². The second-order valence-corrected chi connectivity index (χ2v) is 9.04. The molecule has 5 rings (SSSR count). The molecular formula is C24H27F2N7O2. The summed E-state index contributed by atoms with van der Waals surface area (Å²) in [7, 11) is 0. The average Bonchev–Trinajstić information content (AvgIpc) is 3.36. The van der Waals surface area contributed by atoms with E-state index in [0.29, 0.717) is 55.1 Å². The number of nitrogens with zero attached hydrogens (tertiary/aromatic N) is 5. The van der Waals surface area contributed by atoms with Crippen molar-refractivity contribution in [2.75, 3.05) is 44.2 Å². The summed E-state index contributed by atoms with van der Waals surface area (Å²) >= 11 is 0. The number of pyridine rings is 3. The number of aromatic amines is 1. The van der Waals surface area contributed by atoms with E-state index in [2.05, 4.69) is 25.3 Å². The standard InChI is InChI=1S/C24H27F2N7O2/c1-15-12-18-21(29-23(15)34)20(25)16(13-27-18)14-31-8-10-32(11-9-31)19-5-4-17(28-22(19)26)24(35)30-33-6-2-3-7-33/h4-5,12-13H,2-3,6-11,14H2,1H3,(H,29,34)(H,30,35). The molecule has 5 heterocycles. The van der Waals surface area contributed by atoms with Crippen LogP contribution in [0.15, 0.2) is 29.2 Å². The summed E-state index contributed by atoms with van der Waals surface area (Å²) < 4.78 is 29.8. The Hall–Kier alpha value is -3.44. The number of nitrogens with one attached hydrogen (secondary N) is 2. The van der Waals surface area contributed by atoms with Crippen molar-refractivity contribution in [1.29, 1.82) is 0 Å². The van der Waals surface area contributed by atoms with Crippen LogP contribution in [0.3, 0.4) is 0 Å². The maximum atomic E-state index is 15.0. The van der Waals surface area contributed by atoms with Crippen LogP contribution < -0.4 is 15.9 Å². The molecule has 3 aromatic heterocycles. The zero-order valence-electron chi connectivity index (χ0n) is 19.5. The Balaban J connectivity index is 1.22. The highest BCUT2D eigenvalue weighted by atomic mass is 19.1. The van der Waals surface area contributed by atoms with Gasteiger partial charge in [-0.1, -0.05) is 0 Å². The van der Waals surface area contributed by atoms with Crippen molar-refractivity contribution in [1.82, 2.24) is 30.3 Å². The first kappa shape index (κ1) is 23.3. The van der Waals surface area contributed by atoms with Gasteiger partial charge in [0.2, 0.25) is 5.95 Å². The van der Waals surface area contributed by atoms with E-state index in [1.54, 1.807) is 19.1 Å². The molecule has 2 saturated heterocycles. The van der Waals surface area contributed by atoms with Gasteiger partial charge in [-0.3, -0.25) is 24.9 Å². The number of aryl methyl sites for hydroxylation is 1. The third-order valence-corrected chi connectivity index (χ3v) is 6.60. The largest absolute Gasteiger partial charge is 0.365 e. The van der Waals surface area contributed by atoms with Crippen LogP contribution in [0.1, 0.15) is 34.5 Å². The molecule has 3 aromatic rings. The summed E-state index contributed by atoms with van der Waals surface area (Å²) in [6.45, 7) is 5.76. The molecule has 0 bridgehead atoms. The van der Waals surface area contributed by atoms with Crippen LogP contribution in [0.2, 0.25) is 0 Å². The van der Waals surface area contributed by atoms with E-state index in [1.165, 1.54) is 12.3 Å². The zero-order valence-corrected chi connectivity index (χ0v) is 19.5. The van der Waals surface area contributed by atoms with Crippen LogP contribution in [0.4, 0.5) is 14.5 Å². The normalized spacial score (nSPS) is 17.3. The molecule has 0 saturated carbocycles. The number of piperazine rings is 1. The molecule has 2 fully saturated rings. The number of hydrazine groups is 1. The summed E-state index contributed by atoms with van der Waals surface area (Å²) in [5.41, 5.74) is 4.21. The number of hydrogen-bond donors (Lipinski definition) is 2. The highest BCUT2D eigenvalue weighted by Crippen LogP contribution is 2.22. The predicted octanol–water partition coefficient (Wildman–Crippen LogP) is 1.97. The Morgan fingerprint density at radius 3 is 2.57 bits per heavy atom. The van der Waals surface area contributed by atoms with E-state index in [0.717, 1.165) is 25.9 Å². The summed E-state index contributed by atoms with van der Waals surface area (Å²) in [4.78, 5) is 38.9. The van der Waals surface area contributed by atoms with E-state index in [4.69, 9.17) is 0 Å². The summed E-state index contributed by atoms with van der Waals surface area (Å²) in [6, 6.07) is 4.70. The van der Waals surface area contributed by atoms with Gasteiger partial charge in [0.1, 0.15) is 11.2 Å². The number of anilines is 1. The van der Waals surface area contributed by atoms with Gasteiger partial charge in [-0.25, -0.2) is 14.4 Å². The van der Waals surface area contributed by atoms with Crippen LogP contribution >= 0.6 is 0 Å². The van der Waals surface area contributed by atoms with Crippen molar-refractivity contribution < 1.29 is 13.6 Å². The van der Waals surface area contributed by atoms with E-state index in [1.807, 2.05) is 9.91 Å². The first-order valence-electron chi connectivity index (χ1n) is 11.8. The number of fused-ring (bicyclic) bond motifs is 1. The Kier molecular flexibility index (Phi) is 6.44. The molecule has 2 aliphatic heterocycles. The fraction of sp³-hybridized carbons (Fsp3) is 0.417. The molecule has 11 heteroatoms. The molecule has 0 atom stereocenters. The third-order valence-electron chi connectivity index (χ3n) is 6.60. The number of amides is 1. The minimum Gasteiger partial charge on any atom is -0.365 e. The van der Waals surface area contributed by atoms with Crippen LogP contribution in [-0.2, 0) is 6.54 Å². The first-order valence-corrected chi connectivity index (χ1v) is 11.8. The van der Waals surface area contributed by atoms with E-state index < -0.39 is 17.7 Å². The first-order chi connectivity index (χ1) is 16.9. The van der Waals surface area contributed by atoms with Crippen molar-refractivity contribution in [3.8, 4) is 0 Å². The van der Waals surface area contributed by atoms with Gasteiger partial charge in [0.15, 0.2) is 5.82 Å². The van der Waals surface area contributed by atoms with E-state index >= 15 is 4.39 Å². The lowest BCUT2D eigenvalue weighted by molar-refractivity contribution is 0.0819. The number of aromatic nitrogens is 3. The van der Waals surface area contributed by atoms with Gasteiger partial charge < -0.3 is 9.88 Å². The van der Waals surface area contributed by atoms with Gasteiger partial charge in [-0.05, 0) is 38.0 Å². The van der Waals surface area contributed by atoms with Gasteiger partial charge >= 0.3 is 0 Å². The fourth-order valence-corrected chi connectivity index (χ4v) is 4.57. The van der Waals surface area contributed by atoms with Crippen LogP contribution in [-0.4, -0.2) is 70.0 Å². The SMILES string of the molecule is Cc1cc2ncc(CN3CCN(c4ccc(C(=O)NN5CCCC5)nc4F)CC3)c(F)c2[nH]c1=O. The molecule has 0 radical (unpaired) electrons. The predicted molar refractivity (Wildman–Crippen MR) is 127 cm³/mol. The molecule has 0 aromatic carbocycles. The summed E-state index contributed by atoms with van der Waals surface area (Å²) in [5.74, 6) is -1.58. The Morgan fingerprint density at radius 1 is 1.11 bits per heavy atom. The van der Waals surface area contributed by atoms with Crippen molar-refractivity contribution in [2.45, 2.75) is 26.3 Å². The van der Waals surface area contributed by atoms with E-state index in [9.17, 15) is 14.0 Å². The van der Waals surface area contributed by atoms with Gasteiger partial charge in [0.25, 0.3) is 11.5 Å². The number of halogens is 2. The Bertz CT molecular complexity index is 1320. The quantitative estimate of drug-likeness (QED) is 0.536. The highest BCUT2D eigenvalue weighted by Gasteiger charge is 2.23. The molecule has 0 aliphatic carbocycles. The summed E-state index contributed by atoms with van der Waals surface area (Å²) in [5, 5.41) is 1.82. The van der Waals surface area contributed by atoms with Crippen molar-refractivity contribution in [3.63, 3.8) is 0 Å². The minimum absolute atomic E-state index is 0.0456.